The van der Waals surface area contributed by atoms with Crippen LogP contribution in [0.5, 0.6) is 0 Å². The van der Waals surface area contributed by atoms with E-state index in [-0.39, 0.29) is 125 Å². The SMILES string of the molecule is CC(C)C[C@H]1CC(=O)N[C@@H]([C@@H](C)O)CCC(=O)N(C)[C@@H](C)C(=O)CN(C)[C@@H](CC(C)C)CC(=O)CNC[C@@H](COC(C)(C)C)C(=O)N[C@H](C(=O)N2CCCCC2)C(=O)N[C@H](C)C(=O)N(C)[C@@H](C)C(=O)CN(C)[C@@H](Cc2ccccc2)C(=O)N(C)C1. The predicted molar refractivity (Wildman–Crippen MR) is 327 cm³/mol. The van der Waals surface area contributed by atoms with E-state index < -0.39 is 83.3 Å². The molecule has 5 N–H and O–H groups in total. The quantitative estimate of drug-likeness (QED) is 0.211. The number of nitrogens with one attached hydrogen (secondary N) is 4. The first-order chi connectivity index (χ1) is 39.7. The highest BCUT2D eigenvalue weighted by Gasteiger charge is 2.39. The zero-order chi connectivity index (χ0) is 64.0. The third kappa shape index (κ3) is 24.9. The number of rotatable bonds is 10. The number of aliphatic hydroxyl groups excluding tert-OH is 1. The van der Waals surface area contributed by atoms with Crippen molar-refractivity contribution in [2.75, 3.05) is 87.7 Å². The topological polar surface area (TPSA) is 268 Å². The van der Waals surface area contributed by atoms with E-state index in [9.17, 15) is 53.1 Å². The van der Waals surface area contributed by atoms with E-state index in [2.05, 4.69) is 21.3 Å². The predicted octanol–water partition coefficient (Wildman–Crippen LogP) is 2.86. The number of carbonyl (C=O) groups excluding carboxylic acids is 10. The molecule has 2 saturated heterocycles. The molecular weight excluding hydrogens is 1090 g/mol. The van der Waals surface area contributed by atoms with Crippen molar-refractivity contribution < 1.29 is 57.8 Å². The summed E-state index contributed by atoms with van der Waals surface area (Å²) >= 11 is 0. The smallest absolute Gasteiger partial charge is 0.254 e. The van der Waals surface area contributed by atoms with Crippen molar-refractivity contribution in [2.45, 2.75) is 194 Å². The molecule has 0 spiro atoms. The molecule has 0 aliphatic carbocycles. The minimum absolute atomic E-state index is 0.0118. The Morgan fingerprint density at radius 3 is 1.88 bits per heavy atom. The van der Waals surface area contributed by atoms with E-state index >= 15 is 0 Å². The fourth-order valence-corrected chi connectivity index (χ4v) is 10.9. The van der Waals surface area contributed by atoms with Gasteiger partial charge in [0.25, 0.3) is 11.8 Å². The molecule has 0 aromatic heterocycles. The Morgan fingerprint density at radius 1 is 0.718 bits per heavy atom. The number of likely N-dealkylation sites (tertiary alicyclic amines) is 1. The first-order valence-electron chi connectivity index (χ1n) is 30.7. The number of aliphatic hydroxyl groups is 1. The number of Topliss-reactive ketones (excluding diaryl/α,β-unsaturated/α-hetero) is 3. The van der Waals surface area contributed by atoms with Gasteiger partial charge in [-0.25, -0.2) is 0 Å². The molecular formula is C63H106N10O12. The summed E-state index contributed by atoms with van der Waals surface area (Å²) in [6, 6.07) is 2.42. The maximum atomic E-state index is 14.7. The standard InChI is InChI=1S/C63H106N10O12/c1-40(2)29-47-32-55(78)66-51(45(8)74)25-26-56(79)71(15)43(6)53(76)37-68(12)49(30-41(3)4)33-50(75)35-64-34-48(39-85-63(9,10)11)58(80)67-57(62(84)73-27-21-18-22-28-73)59(81)65-42(5)60(82)72(16)44(7)54(77)38-69(13)52(61(83)70(14)36-47)31-46-23-19-17-20-24-46/h17,19-20,23-24,40-45,47-49,51-52,57,64,74H,18,21-22,25-39H2,1-16H3,(H,65,81)(H,66,78)(H,67,80)/t42-,43+,44+,45-,47+,48+,49+,51-,52+,57+/m1/s1. The van der Waals surface area contributed by atoms with Crippen LogP contribution < -0.4 is 21.3 Å². The fraction of sp³-hybridized carbons (Fsp3) is 0.746. The minimum Gasteiger partial charge on any atom is -0.391 e. The zero-order valence-corrected chi connectivity index (χ0v) is 54.2. The van der Waals surface area contributed by atoms with Gasteiger partial charge in [0.15, 0.2) is 17.6 Å². The molecule has 22 nitrogen and oxygen atoms in total. The maximum Gasteiger partial charge on any atom is 0.254 e. The lowest BCUT2D eigenvalue weighted by Crippen LogP contribution is -2.61. The van der Waals surface area contributed by atoms with E-state index in [1.165, 1.54) is 42.6 Å². The van der Waals surface area contributed by atoms with Crippen LogP contribution in [0.3, 0.4) is 0 Å². The maximum absolute atomic E-state index is 14.7. The van der Waals surface area contributed by atoms with Gasteiger partial charge in [-0.15, -0.1) is 0 Å². The molecule has 2 fully saturated rings. The van der Waals surface area contributed by atoms with Gasteiger partial charge in [0.1, 0.15) is 11.8 Å². The largest absolute Gasteiger partial charge is 0.391 e. The van der Waals surface area contributed by atoms with Crippen LogP contribution in [0.2, 0.25) is 0 Å². The van der Waals surface area contributed by atoms with Crippen molar-refractivity contribution in [2.24, 2.45) is 23.7 Å². The van der Waals surface area contributed by atoms with Crippen LogP contribution >= 0.6 is 0 Å². The molecule has 0 bridgehead atoms. The normalized spacial score (nSPS) is 27.3. The highest BCUT2D eigenvalue weighted by atomic mass is 16.5. The molecule has 0 unspecified atom stereocenters. The molecule has 1 aromatic carbocycles. The molecule has 10 atom stereocenters. The molecule has 0 saturated carbocycles. The van der Waals surface area contributed by atoms with Gasteiger partial charge >= 0.3 is 0 Å². The fourth-order valence-electron chi connectivity index (χ4n) is 10.9. The van der Waals surface area contributed by atoms with Crippen LogP contribution in [0.1, 0.15) is 140 Å². The Bertz CT molecular complexity index is 2380. The van der Waals surface area contributed by atoms with Crippen molar-refractivity contribution in [3.63, 3.8) is 0 Å². The number of ether oxygens (including phenoxy) is 1. The van der Waals surface area contributed by atoms with E-state index in [1.54, 1.807) is 44.8 Å². The monoisotopic (exact) mass is 1190 g/mol. The van der Waals surface area contributed by atoms with Crippen LogP contribution in [0, 0.1) is 23.7 Å². The van der Waals surface area contributed by atoms with E-state index in [0.717, 1.165) is 12.0 Å². The highest BCUT2D eigenvalue weighted by molar-refractivity contribution is 6.08. The van der Waals surface area contributed by atoms with Gasteiger partial charge in [0, 0.05) is 72.6 Å². The Morgan fingerprint density at radius 2 is 1.31 bits per heavy atom. The van der Waals surface area contributed by atoms with Crippen molar-refractivity contribution in [1.29, 1.82) is 0 Å². The molecule has 1 aromatic rings. The Labute approximate surface area is 507 Å². The summed E-state index contributed by atoms with van der Waals surface area (Å²) in [7, 11) is 8.05. The lowest BCUT2D eigenvalue weighted by Gasteiger charge is -2.34. The Hall–Kier alpha value is -5.68. The summed E-state index contributed by atoms with van der Waals surface area (Å²) in [4.78, 5) is 150. The van der Waals surface area contributed by atoms with Gasteiger partial charge in [-0.3, -0.25) is 57.7 Å². The second-order valence-corrected chi connectivity index (χ2v) is 26.0. The van der Waals surface area contributed by atoms with Gasteiger partial charge in [0.05, 0.1) is 68.0 Å². The molecule has 2 heterocycles. The Kier molecular flexibility index (Phi) is 30.5. The van der Waals surface area contributed by atoms with Crippen LogP contribution in [0.25, 0.3) is 0 Å². The van der Waals surface area contributed by atoms with Gasteiger partial charge in [-0.1, -0.05) is 58.0 Å². The summed E-state index contributed by atoms with van der Waals surface area (Å²) in [6.45, 7) is 19.9. The van der Waals surface area contributed by atoms with Crippen molar-refractivity contribution in [3.8, 4) is 0 Å². The second kappa shape index (κ2) is 35.2. The molecule has 22 heteroatoms. The van der Waals surface area contributed by atoms with Gasteiger partial charge in [-0.05, 0) is 131 Å². The van der Waals surface area contributed by atoms with Crippen LogP contribution in [-0.4, -0.2) is 235 Å². The molecule has 85 heavy (non-hydrogen) atoms. The summed E-state index contributed by atoms with van der Waals surface area (Å²) < 4.78 is 6.07. The van der Waals surface area contributed by atoms with E-state index in [0.29, 0.717) is 38.8 Å². The third-order valence-electron chi connectivity index (χ3n) is 16.3. The molecule has 2 aliphatic heterocycles. The van der Waals surface area contributed by atoms with Crippen LogP contribution in [0.15, 0.2) is 30.3 Å². The summed E-state index contributed by atoms with van der Waals surface area (Å²) in [6.07, 6.45) is 2.71. The van der Waals surface area contributed by atoms with Gasteiger partial charge in [0.2, 0.25) is 29.5 Å². The number of benzene rings is 1. The Balaban J connectivity index is 2.07. The van der Waals surface area contributed by atoms with Crippen molar-refractivity contribution >= 4 is 58.7 Å². The lowest BCUT2D eigenvalue weighted by molar-refractivity contribution is -0.146. The summed E-state index contributed by atoms with van der Waals surface area (Å²) in [5.41, 5.74) is 0.141. The number of likely N-dealkylation sites (N-methyl/N-ethyl adjacent to an activating group) is 5. The van der Waals surface area contributed by atoms with Crippen LogP contribution in [0.4, 0.5) is 0 Å². The summed E-state index contributed by atoms with van der Waals surface area (Å²) in [5.74, 6) is -5.86. The van der Waals surface area contributed by atoms with Gasteiger partial charge < -0.3 is 50.7 Å². The molecule has 7 amide bonds. The van der Waals surface area contributed by atoms with Crippen LogP contribution in [-0.2, 0) is 59.1 Å². The molecule has 480 valence electrons. The number of amides is 7. The molecule has 2 aliphatic rings. The number of nitrogens with zero attached hydrogens (tertiary/aromatic N) is 6. The average Bonchev–Trinajstić information content (AvgIpc) is 3.36. The number of hydrogen-bond acceptors (Lipinski definition) is 15. The molecule has 3 rings (SSSR count). The van der Waals surface area contributed by atoms with E-state index in [4.69, 9.17) is 4.74 Å². The minimum atomic E-state index is -1.75. The number of hydrogen-bond donors (Lipinski definition) is 5. The first-order valence-corrected chi connectivity index (χ1v) is 30.7. The third-order valence-corrected chi connectivity index (χ3v) is 16.3. The molecule has 0 radical (unpaired) electrons. The number of ketones is 3. The summed E-state index contributed by atoms with van der Waals surface area (Å²) in [5, 5.41) is 22.2. The van der Waals surface area contributed by atoms with Gasteiger partial charge in [-0.2, -0.15) is 0 Å². The second-order valence-electron chi connectivity index (χ2n) is 26.0. The number of piperidine rings is 1. The average molecular weight is 1200 g/mol. The lowest BCUT2D eigenvalue weighted by atomic mass is 9.92. The highest BCUT2D eigenvalue weighted by Crippen LogP contribution is 2.22. The number of carbonyl (C=O) groups is 10. The zero-order valence-electron chi connectivity index (χ0n) is 54.2. The first kappa shape index (κ1) is 73.6. The van der Waals surface area contributed by atoms with Crippen molar-refractivity contribution in [1.82, 2.24) is 50.7 Å². The van der Waals surface area contributed by atoms with E-state index in [1.807, 2.05) is 83.7 Å². The van der Waals surface area contributed by atoms with Crippen molar-refractivity contribution in [3.05, 3.63) is 35.9 Å².